The zero-order valence-electron chi connectivity index (χ0n) is 21.7. The molecule has 1 heterocycles. The van der Waals surface area contributed by atoms with Gasteiger partial charge in [0.1, 0.15) is 0 Å². The third kappa shape index (κ3) is 5.23. The molecule has 2 aliphatic rings. The Hall–Kier alpha value is -1.34. The van der Waals surface area contributed by atoms with Crippen LogP contribution in [0.3, 0.4) is 0 Å². The van der Waals surface area contributed by atoms with Gasteiger partial charge in [0.05, 0.1) is 0 Å². The Morgan fingerprint density at radius 3 is 1.77 bits per heavy atom. The SMILES string of the molecule is CC1C=CC(c2ccoc2)=[C]1[Zr+2][CH]1c2cc(C(C)(C)C)ccc2-c2ccc(C(C)(C)C)cc21.[Cl-].[Cl-]. The minimum Gasteiger partial charge on any atom is -1.00 e. The fourth-order valence-corrected chi connectivity index (χ4v) is 9.58. The van der Waals surface area contributed by atoms with Gasteiger partial charge in [0.25, 0.3) is 0 Å². The minimum atomic E-state index is -0.984. The van der Waals surface area contributed by atoms with Crippen LogP contribution in [0.25, 0.3) is 16.7 Å². The van der Waals surface area contributed by atoms with E-state index in [9.17, 15) is 0 Å². The van der Waals surface area contributed by atoms with E-state index in [4.69, 9.17) is 4.42 Å². The van der Waals surface area contributed by atoms with Crippen LogP contribution in [-0.2, 0) is 34.1 Å². The molecule has 4 heteroatoms. The van der Waals surface area contributed by atoms with Crippen molar-refractivity contribution in [2.75, 3.05) is 0 Å². The van der Waals surface area contributed by atoms with E-state index in [1.165, 1.54) is 33.4 Å². The molecule has 0 saturated carbocycles. The van der Waals surface area contributed by atoms with Crippen LogP contribution in [0.2, 0.25) is 0 Å². The molecule has 0 fully saturated rings. The first-order chi connectivity index (χ1) is 15.5. The van der Waals surface area contributed by atoms with Gasteiger partial charge in [0.15, 0.2) is 0 Å². The normalized spacial score (nSPS) is 16.9. The van der Waals surface area contributed by atoms with Gasteiger partial charge in [0, 0.05) is 0 Å². The molecule has 1 nitrogen and oxygen atoms in total. The summed E-state index contributed by atoms with van der Waals surface area (Å²) in [6.45, 7) is 16.3. The fourth-order valence-electron chi connectivity index (χ4n) is 5.06. The molecule has 2 aliphatic carbocycles. The molecule has 0 saturated heterocycles. The number of rotatable bonds is 3. The molecule has 0 aliphatic heterocycles. The number of halogens is 2. The molecule has 5 rings (SSSR count). The van der Waals surface area contributed by atoms with Crippen LogP contribution in [-0.4, -0.2) is 0 Å². The standard InChI is InChI=1S/C21H25.C10H9O.2ClH.Zr/c1-20(2,3)16-7-9-18-14(12-16)11-15-13-17(21(4,5)6)8-10-19(15)18;1-8-2-3-9(6-8)10-4-5-11-7-10;;;/h7-13H,1-6H3;2-5,7-8H,1H3;2*1H;/q;;;;+2/p-2. The maximum Gasteiger partial charge on any atom is -1.00 e. The number of allylic oxidation sites excluding steroid dienone is 4. The van der Waals surface area contributed by atoms with Gasteiger partial charge in [-0.25, -0.2) is 0 Å². The van der Waals surface area contributed by atoms with Crippen molar-refractivity contribution in [2.45, 2.75) is 62.9 Å². The summed E-state index contributed by atoms with van der Waals surface area (Å²) in [7, 11) is 0. The van der Waals surface area contributed by atoms with Crippen molar-refractivity contribution in [2.24, 2.45) is 5.92 Å². The van der Waals surface area contributed by atoms with E-state index in [0.29, 0.717) is 9.54 Å². The summed E-state index contributed by atoms with van der Waals surface area (Å²) in [6.07, 6.45) is 8.42. The summed E-state index contributed by atoms with van der Waals surface area (Å²) in [5, 5.41) is 0. The maximum atomic E-state index is 5.45. The number of hydrogen-bond donors (Lipinski definition) is 0. The van der Waals surface area contributed by atoms with Gasteiger partial charge in [-0.15, -0.1) is 0 Å². The molecular formula is C31H34Cl2OZr. The van der Waals surface area contributed by atoms with Crippen molar-refractivity contribution in [3.05, 3.63) is 98.2 Å². The molecule has 3 aromatic rings. The van der Waals surface area contributed by atoms with E-state index >= 15 is 0 Å². The predicted octanol–water partition coefficient (Wildman–Crippen LogP) is 2.65. The van der Waals surface area contributed by atoms with E-state index in [1.807, 2.05) is 6.26 Å². The van der Waals surface area contributed by atoms with Gasteiger partial charge in [-0.1, -0.05) is 0 Å². The first kappa shape index (κ1) is 28.2. The molecule has 0 N–H and O–H groups in total. The van der Waals surface area contributed by atoms with Crippen molar-refractivity contribution in [3.63, 3.8) is 0 Å². The smallest absolute Gasteiger partial charge is 1.00 e. The number of benzene rings is 2. The van der Waals surface area contributed by atoms with Gasteiger partial charge < -0.3 is 24.8 Å². The first-order valence-electron chi connectivity index (χ1n) is 12.0. The van der Waals surface area contributed by atoms with E-state index in [2.05, 4.69) is 103 Å². The quantitative estimate of drug-likeness (QED) is 0.462. The van der Waals surface area contributed by atoms with E-state index in [0.717, 1.165) is 0 Å². The molecular weight excluding hydrogens is 550 g/mol. The Morgan fingerprint density at radius 1 is 0.771 bits per heavy atom. The van der Waals surface area contributed by atoms with Gasteiger partial charge in [-0.2, -0.15) is 0 Å². The van der Waals surface area contributed by atoms with Crippen LogP contribution in [0.15, 0.2) is 74.8 Å². The zero-order valence-corrected chi connectivity index (χ0v) is 25.6. The van der Waals surface area contributed by atoms with Crippen molar-refractivity contribution in [1.29, 1.82) is 0 Å². The average Bonchev–Trinajstić information content (AvgIpc) is 3.46. The van der Waals surface area contributed by atoms with E-state index < -0.39 is 23.2 Å². The Morgan fingerprint density at radius 2 is 1.31 bits per heavy atom. The van der Waals surface area contributed by atoms with Crippen LogP contribution >= 0.6 is 0 Å². The molecule has 1 unspecified atom stereocenters. The van der Waals surface area contributed by atoms with E-state index in [1.54, 1.807) is 20.7 Å². The average molecular weight is 585 g/mol. The monoisotopic (exact) mass is 582 g/mol. The maximum absolute atomic E-state index is 5.45. The molecule has 0 spiro atoms. The Balaban J connectivity index is 0.00000171. The molecule has 1 atom stereocenters. The van der Waals surface area contributed by atoms with Crippen molar-refractivity contribution < 1.29 is 52.5 Å². The second-order valence-corrected chi connectivity index (χ2v) is 15.1. The number of furan rings is 1. The van der Waals surface area contributed by atoms with Crippen molar-refractivity contribution in [1.82, 2.24) is 0 Å². The Labute approximate surface area is 234 Å². The van der Waals surface area contributed by atoms with Crippen molar-refractivity contribution >= 4 is 5.57 Å². The summed E-state index contributed by atoms with van der Waals surface area (Å²) >= 11 is -0.984. The van der Waals surface area contributed by atoms with Gasteiger partial charge in [0.2, 0.25) is 0 Å². The summed E-state index contributed by atoms with van der Waals surface area (Å²) < 4.78 is 7.68. The number of fused-ring (bicyclic) bond motifs is 3. The van der Waals surface area contributed by atoms with Crippen LogP contribution < -0.4 is 24.8 Å². The molecule has 0 radical (unpaired) electrons. The Bertz CT molecular complexity index is 1210. The molecule has 182 valence electrons. The van der Waals surface area contributed by atoms with Crippen molar-refractivity contribution in [3.8, 4) is 11.1 Å². The van der Waals surface area contributed by atoms with Gasteiger partial charge >= 0.3 is 211 Å². The number of hydrogen-bond acceptors (Lipinski definition) is 1. The largest absolute Gasteiger partial charge is 1.00 e. The molecule has 2 aromatic carbocycles. The van der Waals surface area contributed by atoms with Gasteiger partial charge in [-0.3, -0.25) is 0 Å². The summed E-state index contributed by atoms with van der Waals surface area (Å²) in [6, 6.07) is 16.7. The third-order valence-electron chi connectivity index (χ3n) is 7.18. The molecule has 35 heavy (non-hydrogen) atoms. The fraction of sp³-hybridized carbons (Fsp3) is 0.355. The molecule has 0 bridgehead atoms. The van der Waals surface area contributed by atoms with Crippen LogP contribution in [0.4, 0.5) is 0 Å². The predicted molar refractivity (Wildman–Crippen MR) is 135 cm³/mol. The zero-order chi connectivity index (χ0) is 23.5. The summed E-state index contributed by atoms with van der Waals surface area (Å²) in [5.41, 5.74) is 11.9. The van der Waals surface area contributed by atoms with Crippen LogP contribution in [0, 0.1) is 5.92 Å². The van der Waals surface area contributed by atoms with Crippen LogP contribution in [0.5, 0.6) is 0 Å². The van der Waals surface area contributed by atoms with Crippen LogP contribution in [0.1, 0.15) is 79.9 Å². The summed E-state index contributed by atoms with van der Waals surface area (Å²) in [5.74, 6) is 0.519. The second-order valence-electron chi connectivity index (χ2n) is 11.7. The topological polar surface area (TPSA) is 13.1 Å². The minimum absolute atomic E-state index is 0. The third-order valence-corrected chi connectivity index (χ3v) is 12.0. The second kappa shape index (κ2) is 10.2. The molecule has 0 amide bonds. The van der Waals surface area contributed by atoms with E-state index in [-0.39, 0.29) is 35.6 Å². The van der Waals surface area contributed by atoms with Gasteiger partial charge in [-0.05, 0) is 0 Å². The molecule has 1 aromatic heterocycles. The first-order valence-corrected chi connectivity index (χ1v) is 14.7. The Kier molecular flexibility index (Phi) is 8.23. The summed E-state index contributed by atoms with van der Waals surface area (Å²) in [4.78, 5) is 0.